The molecule has 2 aliphatic rings. The molecule has 1 aromatic carbocycles. The zero-order chi connectivity index (χ0) is 22.8. The second-order valence-electron chi connectivity index (χ2n) is 8.39. The van der Waals surface area contributed by atoms with Crippen LogP contribution in [0.3, 0.4) is 0 Å². The summed E-state index contributed by atoms with van der Waals surface area (Å²) >= 11 is 0. The van der Waals surface area contributed by atoms with E-state index in [0.29, 0.717) is 37.6 Å². The topological polar surface area (TPSA) is 112 Å². The van der Waals surface area contributed by atoms with Gasteiger partial charge >= 0.3 is 18.3 Å². The highest BCUT2D eigenvalue weighted by atomic mass is 19.1. The van der Waals surface area contributed by atoms with Crippen LogP contribution in [-0.2, 0) is 9.47 Å². The number of alkyl carbamates (subject to hydrolysis) is 1. The first-order valence-corrected chi connectivity index (χ1v) is 10.0. The number of amides is 3. The van der Waals surface area contributed by atoms with E-state index < -0.39 is 35.8 Å². The Balaban J connectivity index is 1.58. The average Bonchev–Trinajstić information content (AvgIpc) is 3.06. The van der Waals surface area contributed by atoms with Crippen LogP contribution in [-0.4, -0.2) is 79.3 Å². The number of piperazine rings is 1. The van der Waals surface area contributed by atoms with Crippen molar-refractivity contribution in [1.29, 1.82) is 0 Å². The van der Waals surface area contributed by atoms with Crippen molar-refractivity contribution in [2.24, 2.45) is 0 Å². The Bertz CT molecular complexity index is 851. The first-order valence-electron chi connectivity index (χ1n) is 10.0. The summed E-state index contributed by atoms with van der Waals surface area (Å²) in [6, 6.07) is 4.44. The average molecular weight is 438 g/mol. The second kappa shape index (κ2) is 8.86. The number of nitrogens with one attached hydrogen (secondary N) is 1. The summed E-state index contributed by atoms with van der Waals surface area (Å²) in [6.45, 7) is 6.81. The van der Waals surface area contributed by atoms with Crippen molar-refractivity contribution in [2.75, 3.05) is 49.1 Å². The minimum absolute atomic E-state index is 0.0750. The molecule has 3 rings (SSSR count). The van der Waals surface area contributed by atoms with Gasteiger partial charge in [0.15, 0.2) is 0 Å². The Hall–Kier alpha value is -3.24. The van der Waals surface area contributed by atoms with Crippen LogP contribution >= 0.6 is 0 Å². The molecule has 1 aromatic rings. The molecule has 3 amide bonds. The maximum Gasteiger partial charge on any atom is 0.414 e. The van der Waals surface area contributed by atoms with Crippen LogP contribution in [0.15, 0.2) is 18.2 Å². The van der Waals surface area contributed by atoms with Crippen LogP contribution in [0, 0.1) is 5.82 Å². The molecule has 2 saturated heterocycles. The zero-order valence-corrected chi connectivity index (χ0v) is 17.8. The van der Waals surface area contributed by atoms with Gasteiger partial charge in [-0.2, -0.15) is 0 Å². The van der Waals surface area contributed by atoms with Gasteiger partial charge in [0.05, 0.1) is 24.5 Å². The molecule has 0 aliphatic carbocycles. The largest absolute Gasteiger partial charge is 0.465 e. The lowest BCUT2D eigenvalue weighted by atomic mass is 10.2. The van der Waals surface area contributed by atoms with Crippen LogP contribution in [0.1, 0.15) is 20.8 Å². The van der Waals surface area contributed by atoms with Gasteiger partial charge in [-0.25, -0.2) is 18.8 Å². The summed E-state index contributed by atoms with van der Waals surface area (Å²) < 4.78 is 25.2. The van der Waals surface area contributed by atoms with Crippen molar-refractivity contribution in [2.45, 2.75) is 32.5 Å². The van der Waals surface area contributed by atoms with E-state index in [9.17, 15) is 18.8 Å². The first kappa shape index (κ1) is 22.4. The Kier molecular flexibility index (Phi) is 6.42. The minimum Gasteiger partial charge on any atom is -0.465 e. The lowest BCUT2D eigenvalue weighted by Gasteiger charge is -2.34. The molecule has 2 N–H and O–H groups in total. The summed E-state index contributed by atoms with van der Waals surface area (Å²) in [5, 5.41) is 11.6. The molecule has 0 aromatic heterocycles. The minimum atomic E-state index is -0.987. The molecular weight excluding hydrogens is 411 g/mol. The normalized spacial score (nSPS) is 19.3. The molecule has 1 unspecified atom stereocenters. The number of carbonyl (C=O) groups excluding carboxylic acids is 2. The van der Waals surface area contributed by atoms with Crippen molar-refractivity contribution in [3.8, 4) is 0 Å². The number of carboxylic acid groups (broad SMARTS) is 1. The molecule has 2 fully saturated rings. The van der Waals surface area contributed by atoms with E-state index in [1.165, 1.54) is 15.9 Å². The van der Waals surface area contributed by atoms with Crippen LogP contribution in [0.5, 0.6) is 0 Å². The van der Waals surface area contributed by atoms with Crippen molar-refractivity contribution in [3.63, 3.8) is 0 Å². The summed E-state index contributed by atoms with van der Waals surface area (Å²) in [5.41, 5.74) is 0.0573. The highest BCUT2D eigenvalue weighted by Crippen LogP contribution is 2.28. The van der Waals surface area contributed by atoms with Gasteiger partial charge in [-0.15, -0.1) is 0 Å². The van der Waals surface area contributed by atoms with Crippen molar-refractivity contribution >= 4 is 29.7 Å². The van der Waals surface area contributed by atoms with E-state index in [0.717, 1.165) is 0 Å². The lowest BCUT2D eigenvalue weighted by molar-refractivity contribution is 0.0496. The number of hydrogen-bond donors (Lipinski definition) is 2. The van der Waals surface area contributed by atoms with Crippen molar-refractivity contribution < 1.29 is 33.4 Å². The summed E-state index contributed by atoms with van der Waals surface area (Å²) in [4.78, 5) is 39.4. The molecule has 10 nitrogen and oxygen atoms in total. The molecule has 31 heavy (non-hydrogen) atoms. The van der Waals surface area contributed by atoms with Gasteiger partial charge in [-0.3, -0.25) is 4.90 Å². The number of cyclic esters (lactones) is 1. The highest BCUT2D eigenvalue weighted by Gasteiger charge is 2.33. The van der Waals surface area contributed by atoms with Crippen LogP contribution in [0.2, 0.25) is 0 Å². The summed E-state index contributed by atoms with van der Waals surface area (Å²) in [5.74, 6) is -0.510. The molecule has 0 spiro atoms. The van der Waals surface area contributed by atoms with Crippen LogP contribution < -0.4 is 15.1 Å². The van der Waals surface area contributed by atoms with E-state index in [2.05, 4.69) is 5.32 Å². The fourth-order valence-corrected chi connectivity index (χ4v) is 3.41. The number of carbonyl (C=O) groups is 3. The molecule has 0 radical (unpaired) electrons. The highest BCUT2D eigenvalue weighted by molar-refractivity contribution is 5.90. The Morgan fingerprint density at radius 3 is 2.52 bits per heavy atom. The number of rotatable bonds is 4. The molecular formula is C20H27FN4O6. The molecule has 11 heteroatoms. The number of hydrogen-bond acceptors (Lipinski definition) is 6. The molecule has 2 aliphatic heterocycles. The van der Waals surface area contributed by atoms with E-state index in [4.69, 9.17) is 14.6 Å². The third kappa shape index (κ3) is 5.68. The van der Waals surface area contributed by atoms with Crippen molar-refractivity contribution in [3.05, 3.63) is 24.0 Å². The maximum absolute atomic E-state index is 14.8. The van der Waals surface area contributed by atoms with Crippen LogP contribution in [0.4, 0.5) is 30.1 Å². The number of benzene rings is 1. The first-order chi connectivity index (χ1) is 14.5. The number of ether oxygens (including phenoxy) is 2. The summed E-state index contributed by atoms with van der Waals surface area (Å²) in [6.07, 6.45) is -2.82. The monoisotopic (exact) mass is 438 g/mol. The number of anilines is 2. The van der Waals surface area contributed by atoms with E-state index in [1.54, 1.807) is 37.8 Å². The predicted octanol–water partition coefficient (Wildman–Crippen LogP) is 2.48. The van der Waals surface area contributed by atoms with E-state index >= 15 is 0 Å². The fraction of sp³-hybridized carbons (Fsp3) is 0.550. The summed E-state index contributed by atoms with van der Waals surface area (Å²) in [7, 11) is 0. The maximum atomic E-state index is 14.8. The Morgan fingerprint density at radius 2 is 1.94 bits per heavy atom. The molecule has 170 valence electrons. The van der Waals surface area contributed by atoms with Gasteiger partial charge in [0.25, 0.3) is 0 Å². The molecule has 2 heterocycles. The van der Waals surface area contributed by atoms with Gasteiger partial charge in [0.2, 0.25) is 0 Å². The van der Waals surface area contributed by atoms with Gasteiger partial charge in [-0.1, -0.05) is 0 Å². The standard InChI is InChI=1S/C20H27FN4O6/c1-20(2,3)31-17(26)22-11-14-12-25(19(29)30-14)13-4-5-16(15(21)10-13)23-6-8-24(9-7-23)18(27)28/h4-5,10,14H,6-9,11-12H2,1-3H3,(H,22,26)(H,27,28). The molecule has 0 bridgehead atoms. The van der Waals surface area contributed by atoms with E-state index in [1.807, 2.05) is 0 Å². The third-order valence-corrected chi connectivity index (χ3v) is 4.88. The van der Waals surface area contributed by atoms with Gasteiger partial charge < -0.3 is 29.7 Å². The smallest absolute Gasteiger partial charge is 0.414 e. The number of halogens is 1. The predicted molar refractivity (Wildman–Crippen MR) is 110 cm³/mol. The zero-order valence-electron chi connectivity index (χ0n) is 17.8. The molecule has 1 atom stereocenters. The quantitative estimate of drug-likeness (QED) is 0.743. The Morgan fingerprint density at radius 1 is 1.26 bits per heavy atom. The Labute approximate surface area is 179 Å². The van der Waals surface area contributed by atoms with Gasteiger partial charge in [-0.05, 0) is 39.0 Å². The number of nitrogens with zero attached hydrogens (tertiary/aromatic N) is 3. The molecule has 0 saturated carbocycles. The fourth-order valence-electron chi connectivity index (χ4n) is 3.41. The van der Waals surface area contributed by atoms with Crippen LogP contribution in [0.25, 0.3) is 0 Å². The SMILES string of the molecule is CC(C)(C)OC(=O)NCC1CN(c2ccc(N3CCN(C(=O)O)CC3)c(F)c2)C(=O)O1. The lowest BCUT2D eigenvalue weighted by Crippen LogP contribution is -2.48. The second-order valence-corrected chi connectivity index (χ2v) is 8.39. The van der Waals surface area contributed by atoms with Gasteiger partial charge in [0, 0.05) is 26.2 Å². The van der Waals surface area contributed by atoms with E-state index in [-0.39, 0.29) is 13.1 Å². The third-order valence-electron chi connectivity index (χ3n) is 4.88. The van der Waals surface area contributed by atoms with Gasteiger partial charge in [0.1, 0.15) is 17.5 Å². The van der Waals surface area contributed by atoms with Crippen molar-refractivity contribution in [1.82, 2.24) is 10.2 Å².